The van der Waals surface area contributed by atoms with Crippen LogP contribution in [-0.2, 0) is 9.47 Å². The van der Waals surface area contributed by atoms with E-state index < -0.39 is 24.5 Å². The summed E-state index contributed by atoms with van der Waals surface area (Å²) >= 11 is 0. The summed E-state index contributed by atoms with van der Waals surface area (Å²) in [5.41, 5.74) is 0.928. The molecule has 1 unspecified atom stereocenters. The highest BCUT2D eigenvalue weighted by atomic mass is 16.6. The molecular weight excluding hydrogens is 354 g/mol. The van der Waals surface area contributed by atoms with Gasteiger partial charge in [0.2, 0.25) is 0 Å². The third kappa shape index (κ3) is 3.88. The number of aliphatic imine (C=N–C) groups is 1. The summed E-state index contributed by atoms with van der Waals surface area (Å²) in [6.45, 7) is -0.230. The molecular formula is C16H21N7O4. The molecule has 11 nitrogen and oxygen atoms in total. The van der Waals surface area contributed by atoms with Gasteiger partial charge in [-0.1, -0.05) is 0 Å². The van der Waals surface area contributed by atoms with Gasteiger partial charge in [0, 0.05) is 14.1 Å². The minimum Gasteiger partial charge on any atom is -0.394 e. The summed E-state index contributed by atoms with van der Waals surface area (Å²) < 4.78 is 13.0. The van der Waals surface area contributed by atoms with Crippen molar-refractivity contribution in [2.45, 2.75) is 31.0 Å². The Morgan fingerprint density at radius 2 is 2.26 bits per heavy atom. The number of fused-ring (bicyclic) bond motifs is 1. The van der Waals surface area contributed by atoms with Gasteiger partial charge in [-0.2, -0.15) is 5.26 Å². The summed E-state index contributed by atoms with van der Waals surface area (Å²) in [6.07, 6.45) is 1.24. The molecule has 0 aromatic carbocycles. The zero-order chi connectivity index (χ0) is 19.4. The molecule has 0 bridgehead atoms. The van der Waals surface area contributed by atoms with Crippen molar-refractivity contribution in [2.75, 3.05) is 27.3 Å². The first-order valence-corrected chi connectivity index (χ1v) is 8.38. The van der Waals surface area contributed by atoms with Crippen LogP contribution >= 0.6 is 0 Å². The van der Waals surface area contributed by atoms with Crippen molar-refractivity contribution in [3.8, 4) is 6.07 Å². The average Bonchev–Trinajstić information content (AvgIpc) is 3.22. The number of aliphatic hydroxyl groups excluding tert-OH is 2. The average molecular weight is 375 g/mol. The zero-order valence-electron chi connectivity index (χ0n) is 15.0. The summed E-state index contributed by atoms with van der Waals surface area (Å²) in [6, 6.07) is 1.99. The Balaban J connectivity index is 1.95. The summed E-state index contributed by atoms with van der Waals surface area (Å²) in [4.78, 5) is 18.8. The van der Waals surface area contributed by atoms with Crippen LogP contribution in [0.3, 0.4) is 0 Å². The number of hydrogen-bond acceptors (Lipinski definition) is 9. The van der Waals surface area contributed by atoms with Gasteiger partial charge in [-0.3, -0.25) is 4.57 Å². The van der Waals surface area contributed by atoms with Gasteiger partial charge in [0.25, 0.3) is 0 Å². The molecule has 1 aliphatic heterocycles. The maximum atomic E-state index is 10.4. The fraction of sp³-hybridized carbons (Fsp3) is 0.562. The Morgan fingerprint density at radius 1 is 1.44 bits per heavy atom. The molecule has 2 N–H and O–H groups in total. The predicted molar refractivity (Wildman–Crippen MR) is 94.1 cm³/mol. The second kappa shape index (κ2) is 8.36. The zero-order valence-corrected chi connectivity index (χ0v) is 15.0. The van der Waals surface area contributed by atoms with Crippen molar-refractivity contribution < 1.29 is 19.7 Å². The number of nitriles is 1. The topological polar surface area (TPSA) is 142 Å². The molecule has 4 atom stereocenters. The van der Waals surface area contributed by atoms with Gasteiger partial charge < -0.3 is 24.6 Å². The molecule has 0 amide bonds. The maximum absolute atomic E-state index is 10.4. The smallest absolute Gasteiger partial charge is 0.184 e. The lowest BCUT2D eigenvalue weighted by Crippen LogP contribution is -2.35. The van der Waals surface area contributed by atoms with E-state index >= 15 is 0 Å². The normalized spacial score (nSPS) is 25.3. The molecule has 0 spiro atoms. The van der Waals surface area contributed by atoms with E-state index in [0.29, 0.717) is 17.0 Å². The quantitative estimate of drug-likeness (QED) is 0.375. The lowest BCUT2D eigenvalue weighted by atomic mass is 10.1. The van der Waals surface area contributed by atoms with Crippen molar-refractivity contribution in [3.63, 3.8) is 0 Å². The fourth-order valence-corrected chi connectivity index (χ4v) is 2.80. The van der Waals surface area contributed by atoms with Crippen LogP contribution in [0.4, 0.5) is 5.82 Å². The standard InChI is InChI=1S/C16H21N7O4/c1-22(2)8-21-14-11-15(19-7-18-14)23(9-20-11)16-13(26-5-3-4-17)12(25)10(6-24)27-16/h7-10,12-13,16,24-25H,3,5-6H2,1-2H3/b21-8+/t10-,12?,13+,16-/m1/s1. The number of ether oxygens (including phenoxy) is 2. The molecule has 0 radical (unpaired) electrons. The minimum absolute atomic E-state index is 0.135. The Labute approximate surface area is 155 Å². The molecule has 27 heavy (non-hydrogen) atoms. The second-order valence-corrected chi connectivity index (χ2v) is 6.21. The highest BCUT2D eigenvalue weighted by Crippen LogP contribution is 2.34. The number of nitrogens with zero attached hydrogens (tertiary/aromatic N) is 7. The highest BCUT2D eigenvalue weighted by molar-refractivity contribution is 5.82. The fourth-order valence-electron chi connectivity index (χ4n) is 2.80. The van der Waals surface area contributed by atoms with Gasteiger partial charge >= 0.3 is 0 Å². The van der Waals surface area contributed by atoms with Crippen molar-refractivity contribution in [1.82, 2.24) is 24.4 Å². The highest BCUT2D eigenvalue weighted by Gasteiger charge is 2.45. The maximum Gasteiger partial charge on any atom is 0.184 e. The minimum atomic E-state index is -1.05. The molecule has 3 rings (SSSR count). The number of imidazole rings is 1. The van der Waals surface area contributed by atoms with Crippen molar-refractivity contribution in [2.24, 2.45) is 4.99 Å². The Bertz CT molecular complexity index is 847. The molecule has 2 aromatic rings. The SMILES string of the molecule is CN(C)/C=N/c1ncnc2c1ncn2[C@@H]1O[C@H](CO)C(O)[C@@H]1OCCC#N. The monoisotopic (exact) mass is 375 g/mol. The van der Waals surface area contributed by atoms with Crippen molar-refractivity contribution in [1.29, 1.82) is 5.26 Å². The molecule has 11 heteroatoms. The molecule has 0 aliphatic carbocycles. The molecule has 144 valence electrons. The van der Waals surface area contributed by atoms with Crippen LogP contribution < -0.4 is 0 Å². The Morgan fingerprint density at radius 3 is 2.96 bits per heavy atom. The van der Waals surface area contributed by atoms with Crippen LogP contribution in [0.2, 0.25) is 0 Å². The largest absolute Gasteiger partial charge is 0.394 e. The third-order valence-electron chi connectivity index (χ3n) is 4.04. The van der Waals surface area contributed by atoms with Crippen LogP contribution in [0.5, 0.6) is 0 Å². The molecule has 1 aliphatic rings. The third-order valence-corrected chi connectivity index (χ3v) is 4.04. The molecule has 3 heterocycles. The number of aromatic nitrogens is 4. The van der Waals surface area contributed by atoms with Crippen LogP contribution in [-0.4, -0.2) is 86.6 Å². The predicted octanol–water partition coefficient (Wildman–Crippen LogP) is -0.403. The number of hydrogen-bond donors (Lipinski definition) is 2. The van der Waals surface area contributed by atoms with Gasteiger partial charge in [0.15, 0.2) is 23.2 Å². The van der Waals surface area contributed by atoms with Gasteiger partial charge in [-0.15, -0.1) is 0 Å². The van der Waals surface area contributed by atoms with E-state index in [0.717, 1.165) is 0 Å². The molecule has 0 saturated carbocycles. The summed E-state index contributed by atoms with van der Waals surface area (Å²) in [7, 11) is 3.68. The number of rotatable bonds is 7. The Hall–Kier alpha value is -2.65. The second-order valence-electron chi connectivity index (χ2n) is 6.21. The first kappa shape index (κ1) is 19.1. The Kier molecular flexibility index (Phi) is 5.92. The summed E-state index contributed by atoms with van der Waals surface area (Å²) in [5.74, 6) is 0.395. The van der Waals surface area contributed by atoms with E-state index in [2.05, 4.69) is 19.9 Å². The van der Waals surface area contributed by atoms with Crippen LogP contribution in [0, 0.1) is 11.3 Å². The van der Waals surface area contributed by atoms with Gasteiger partial charge in [0.1, 0.15) is 24.6 Å². The lowest BCUT2D eigenvalue weighted by Gasteiger charge is -2.21. The van der Waals surface area contributed by atoms with Crippen LogP contribution in [0.1, 0.15) is 12.6 Å². The first-order valence-electron chi connectivity index (χ1n) is 8.38. The van der Waals surface area contributed by atoms with E-state index in [9.17, 15) is 10.2 Å². The van der Waals surface area contributed by atoms with Gasteiger partial charge in [-0.25, -0.2) is 19.9 Å². The first-order chi connectivity index (χ1) is 13.1. The summed E-state index contributed by atoms with van der Waals surface area (Å²) in [5, 5.41) is 28.6. The van der Waals surface area contributed by atoms with E-state index in [1.807, 2.05) is 20.2 Å². The van der Waals surface area contributed by atoms with Crippen LogP contribution in [0.15, 0.2) is 17.6 Å². The molecule has 2 aromatic heterocycles. The van der Waals surface area contributed by atoms with Gasteiger partial charge in [-0.05, 0) is 0 Å². The molecule has 1 fully saturated rings. The molecule has 1 saturated heterocycles. The number of aliphatic hydroxyl groups is 2. The van der Waals surface area contributed by atoms with Gasteiger partial charge in [0.05, 0.1) is 38.4 Å². The van der Waals surface area contributed by atoms with E-state index in [1.165, 1.54) is 12.7 Å². The lowest BCUT2D eigenvalue weighted by molar-refractivity contribution is -0.0693. The van der Waals surface area contributed by atoms with E-state index in [-0.39, 0.29) is 19.6 Å². The van der Waals surface area contributed by atoms with Crippen molar-refractivity contribution in [3.05, 3.63) is 12.7 Å². The van der Waals surface area contributed by atoms with E-state index in [1.54, 1.807) is 15.8 Å². The van der Waals surface area contributed by atoms with E-state index in [4.69, 9.17) is 14.7 Å². The van der Waals surface area contributed by atoms with Crippen molar-refractivity contribution >= 4 is 23.3 Å². The van der Waals surface area contributed by atoms with Crippen LogP contribution in [0.25, 0.3) is 11.2 Å².